The first-order valence-electron chi connectivity index (χ1n) is 5.96. The van der Waals surface area contributed by atoms with Gasteiger partial charge >= 0.3 is 5.51 Å². The highest BCUT2D eigenvalue weighted by Gasteiger charge is 2.48. The van der Waals surface area contributed by atoms with Gasteiger partial charge in [0.25, 0.3) is 9.84 Å². The van der Waals surface area contributed by atoms with Crippen LogP contribution in [-0.4, -0.2) is 39.6 Å². The lowest BCUT2D eigenvalue weighted by molar-refractivity contribution is -0.0435. The highest BCUT2D eigenvalue weighted by molar-refractivity contribution is 7.92. The van der Waals surface area contributed by atoms with Crippen molar-refractivity contribution in [3.05, 3.63) is 24.3 Å². The van der Waals surface area contributed by atoms with Gasteiger partial charge in [-0.2, -0.15) is 13.2 Å². The maximum Gasteiger partial charge on any atom is 0.501 e. The Labute approximate surface area is 126 Å². The molecule has 120 valence electrons. The largest absolute Gasteiger partial charge is 0.501 e. The molecule has 0 aromatic heterocycles. The second-order valence-corrected chi connectivity index (χ2v) is 6.51. The van der Waals surface area contributed by atoms with Crippen LogP contribution in [0.3, 0.4) is 0 Å². The summed E-state index contributed by atoms with van der Waals surface area (Å²) in [5.41, 5.74) is -5.48. The van der Waals surface area contributed by atoms with E-state index in [1.807, 2.05) is 0 Å². The van der Waals surface area contributed by atoms with Crippen molar-refractivity contribution in [1.29, 1.82) is 0 Å². The van der Waals surface area contributed by atoms with Crippen LogP contribution in [0.1, 0.15) is 6.42 Å². The second kappa shape index (κ2) is 7.33. The molecular formula is C12H15ClF3NO3S. The summed E-state index contributed by atoms with van der Waals surface area (Å²) in [7, 11) is -3.99. The Balaban J connectivity index is 3.16. The molecule has 1 aromatic carbocycles. The molecule has 1 rings (SSSR count). The molecular weight excluding hydrogens is 331 g/mol. The second-order valence-electron chi connectivity index (χ2n) is 4.22. The Kier molecular flexibility index (Phi) is 6.30. The standard InChI is InChI=1S/C12H15ClF3NO3S/c1-20-8-9(6-7-13)17-10-4-2-3-5-11(10)21(18,19)12(14,15)16/h2-5,9,17H,6-8H2,1H3. The molecule has 0 aliphatic carbocycles. The van der Waals surface area contributed by atoms with E-state index in [1.54, 1.807) is 0 Å². The van der Waals surface area contributed by atoms with Gasteiger partial charge in [-0.1, -0.05) is 12.1 Å². The Hall–Kier alpha value is -0.990. The number of para-hydroxylation sites is 1. The quantitative estimate of drug-likeness (QED) is 0.772. The molecule has 0 heterocycles. The summed E-state index contributed by atoms with van der Waals surface area (Å²) in [5.74, 6) is 0.259. The van der Waals surface area contributed by atoms with Crippen molar-refractivity contribution in [1.82, 2.24) is 0 Å². The average Bonchev–Trinajstić information content (AvgIpc) is 2.38. The first-order chi connectivity index (χ1) is 9.74. The lowest BCUT2D eigenvalue weighted by Gasteiger charge is -2.20. The SMILES string of the molecule is COCC(CCCl)Nc1ccccc1S(=O)(=O)C(F)(F)F. The number of rotatable bonds is 7. The van der Waals surface area contributed by atoms with Crippen LogP contribution in [0.15, 0.2) is 29.2 Å². The van der Waals surface area contributed by atoms with E-state index in [1.165, 1.54) is 25.3 Å². The lowest BCUT2D eigenvalue weighted by Crippen LogP contribution is -2.28. The van der Waals surface area contributed by atoms with Crippen molar-refractivity contribution in [2.45, 2.75) is 22.9 Å². The fourth-order valence-corrected chi connectivity index (χ4v) is 2.88. The van der Waals surface area contributed by atoms with E-state index in [-0.39, 0.29) is 18.2 Å². The van der Waals surface area contributed by atoms with Gasteiger partial charge in [0.05, 0.1) is 23.2 Å². The van der Waals surface area contributed by atoms with E-state index >= 15 is 0 Å². The number of anilines is 1. The third kappa shape index (κ3) is 4.49. The zero-order chi connectivity index (χ0) is 16.1. The zero-order valence-electron chi connectivity index (χ0n) is 11.2. The number of alkyl halides is 4. The van der Waals surface area contributed by atoms with E-state index < -0.39 is 26.3 Å². The number of benzene rings is 1. The third-order valence-electron chi connectivity index (χ3n) is 2.67. The Morgan fingerprint density at radius 1 is 1.33 bits per heavy atom. The van der Waals surface area contributed by atoms with E-state index in [0.717, 1.165) is 6.07 Å². The first-order valence-corrected chi connectivity index (χ1v) is 7.97. The van der Waals surface area contributed by atoms with Gasteiger partial charge in [0.15, 0.2) is 0 Å². The van der Waals surface area contributed by atoms with Crippen LogP contribution >= 0.6 is 11.6 Å². The maximum atomic E-state index is 12.7. The van der Waals surface area contributed by atoms with Gasteiger partial charge in [0.2, 0.25) is 0 Å². The summed E-state index contributed by atoms with van der Waals surface area (Å²) in [6.45, 7) is 0.188. The number of nitrogens with one attached hydrogen (secondary N) is 1. The van der Waals surface area contributed by atoms with Crippen molar-refractivity contribution in [2.24, 2.45) is 0 Å². The van der Waals surface area contributed by atoms with Crippen molar-refractivity contribution in [3.63, 3.8) is 0 Å². The van der Waals surface area contributed by atoms with Crippen LogP contribution < -0.4 is 5.32 Å². The summed E-state index contributed by atoms with van der Waals surface area (Å²) in [6, 6.07) is 4.47. The minimum absolute atomic E-state index is 0.123. The van der Waals surface area contributed by atoms with Gasteiger partial charge in [0, 0.05) is 13.0 Å². The molecule has 0 saturated heterocycles. The molecule has 1 unspecified atom stereocenters. The van der Waals surface area contributed by atoms with Gasteiger partial charge in [-0.05, 0) is 18.6 Å². The minimum Gasteiger partial charge on any atom is -0.383 e. The molecule has 1 atom stereocenters. The molecule has 0 amide bonds. The summed E-state index contributed by atoms with van der Waals surface area (Å²) in [4.78, 5) is -0.812. The van der Waals surface area contributed by atoms with Crippen LogP contribution in [0, 0.1) is 0 Å². The van der Waals surface area contributed by atoms with Gasteiger partial charge in [-0.25, -0.2) is 8.42 Å². The minimum atomic E-state index is -5.42. The van der Waals surface area contributed by atoms with Crippen molar-refractivity contribution in [3.8, 4) is 0 Å². The molecule has 0 saturated carbocycles. The van der Waals surface area contributed by atoms with Crippen LogP contribution in [0.5, 0.6) is 0 Å². The molecule has 21 heavy (non-hydrogen) atoms. The van der Waals surface area contributed by atoms with Crippen molar-refractivity contribution in [2.75, 3.05) is 24.9 Å². The summed E-state index contributed by atoms with van der Waals surface area (Å²) < 4.78 is 66.0. The van der Waals surface area contributed by atoms with E-state index in [2.05, 4.69) is 5.32 Å². The number of halogens is 4. The summed E-state index contributed by atoms with van der Waals surface area (Å²) in [6.07, 6.45) is 0.412. The van der Waals surface area contributed by atoms with E-state index in [9.17, 15) is 21.6 Å². The number of ether oxygens (including phenoxy) is 1. The third-order valence-corrected chi connectivity index (χ3v) is 4.43. The number of hydrogen-bond acceptors (Lipinski definition) is 4. The highest BCUT2D eigenvalue weighted by atomic mass is 35.5. The Morgan fingerprint density at radius 2 is 1.95 bits per heavy atom. The number of hydrogen-bond donors (Lipinski definition) is 1. The monoisotopic (exact) mass is 345 g/mol. The van der Waals surface area contributed by atoms with E-state index in [0.29, 0.717) is 6.42 Å². The fourth-order valence-electron chi connectivity index (χ4n) is 1.69. The van der Waals surface area contributed by atoms with Crippen LogP contribution in [-0.2, 0) is 14.6 Å². The molecule has 0 spiro atoms. The van der Waals surface area contributed by atoms with Crippen LogP contribution in [0.4, 0.5) is 18.9 Å². The fraction of sp³-hybridized carbons (Fsp3) is 0.500. The first kappa shape index (κ1) is 18.1. The molecule has 1 N–H and O–H groups in total. The topological polar surface area (TPSA) is 55.4 Å². The number of sulfone groups is 1. The van der Waals surface area contributed by atoms with Crippen molar-refractivity contribution >= 4 is 27.1 Å². The lowest BCUT2D eigenvalue weighted by atomic mass is 10.2. The van der Waals surface area contributed by atoms with E-state index in [4.69, 9.17) is 16.3 Å². The summed E-state index contributed by atoms with van der Waals surface area (Å²) >= 11 is 5.61. The predicted molar refractivity (Wildman–Crippen MR) is 74.3 cm³/mol. The van der Waals surface area contributed by atoms with Crippen molar-refractivity contribution < 1.29 is 26.3 Å². The average molecular weight is 346 g/mol. The smallest absolute Gasteiger partial charge is 0.383 e. The van der Waals surface area contributed by atoms with Gasteiger partial charge in [0.1, 0.15) is 0 Å². The summed E-state index contributed by atoms with van der Waals surface area (Å²) in [5, 5.41) is 2.74. The Morgan fingerprint density at radius 3 is 2.48 bits per heavy atom. The maximum absolute atomic E-state index is 12.7. The molecule has 0 radical (unpaired) electrons. The molecule has 9 heteroatoms. The molecule has 1 aromatic rings. The van der Waals surface area contributed by atoms with Gasteiger partial charge < -0.3 is 10.1 Å². The van der Waals surface area contributed by atoms with Crippen LogP contribution in [0.25, 0.3) is 0 Å². The zero-order valence-corrected chi connectivity index (χ0v) is 12.7. The van der Waals surface area contributed by atoms with Gasteiger partial charge in [-0.3, -0.25) is 0 Å². The molecule has 0 bridgehead atoms. The predicted octanol–water partition coefficient (Wildman–Crippen LogP) is 3.04. The molecule has 0 aliphatic rings. The molecule has 4 nitrogen and oxygen atoms in total. The molecule has 0 aliphatic heterocycles. The highest BCUT2D eigenvalue weighted by Crippen LogP contribution is 2.34. The normalized spacial score (nSPS) is 14.0. The number of methoxy groups -OCH3 is 1. The molecule has 0 fully saturated rings. The van der Waals surface area contributed by atoms with Crippen LogP contribution in [0.2, 0.25) is 0 Å². The van der Waals surface area contributed by atoms with Gasteiger partial charge in [-0.15, -0.1) is 11.6 Å². The Bertz CT molecular complexity index is 557.